The van der Waals surface area contributed by atoms with Crippen molar-refractivity contribution in [2.45, 2.75) is 45.6 Å². The third-order valence-electron chi connectivity index (χ3n) is 3.76. The minimum atomic E-state index is -0.527. The molecule has 0 aromatic heterocycles. The number of nitrogens with one attached hydrogen (secondary N) is 1. The molecule has 2 rings (SSSR count). The molecular weight excluding hydrogens is 288 g/mol. The van der Waals surface area contributed by atoms with E-state index in [9.17, 15) is 19.7 Å². The third-order valence-corrected chi connectivity index (χ3v) is 3.76. The number of hydrogen-bond donors (Lipinski definition) is 1. The maximum Gasteiger partial charge on any atom is 0.303 e. The number of nitro benzene ring substituents is 1. The fourth-order valence-corrected chi connectivity index (χ4v) is 2.89. The summed E-state index contributed by atoms with van der Waals surface area (Å²) in [6, 6.07) is 3.00. The number of fused-ring (bicyclic) bond motifs is 1. The predicted molar refractivity (Wildman–Crippen MR) is 79.6 cm³/mol. The Kier molecular flexibility index (Phi) is 3.91. The van der Waals surface area contributed by atoms with Crippen LogP contribution in [0.25, 0.3) is 0 Å². The lowest BCUT2D eigenvalue weighted by molar-refractivity contribution is -0.384. The van der Waals surface area contributed by atoms with Gasteiger partial charge >= 0.3 is 5.97 Å². The van der Waals surface area contributed by atoms with Crippen molar-refractivity contribution in [3.8, 4) is 0 Å². The molecule has 1 aromatic carbocycles. The maximum absolute atomic E-state index is 11.3. The van der Waals surface area contributed by atoms with Gasteiger partial charge in [-0.2, -0.15) is 0 Å². The van der Waals surface area contributed by atoms with Crippen LogP contribution in [0.2, 0.25) is 0 Å². The van der Waals surface area contributed by atoms with Crippen molar-refractivity contribution < 1.29 is 19.2 Å². The number of anilines is 1. The van der Waals surface area contributed by atoms with Gasteiger partial charge in [0.05, 0.1) is 4.92 Å². The molecule has 0 saturated carbocycles. The van der Waals surface area contributed by atoms with Gasteiger partial charge in [-0.15, -0.1) is 0 Å². The third kappa shape index (κ3) is 2.93. The van der Waals surface area contributed by atoms with Crippen LogP contribution in [0, 0.1) is 10.1 Å². The molecule has 22 heavy (non-hydrogen) atoms. The second-order valence-corrected chi connectivity index (χ2v) is 6.08. The number of nitro groups is 1. The standard InChI is InChI=1S/C15H18N2O5/c1-8(18)16-12-5-10-11(6-13(12)17(20)21)15(3,4)7-14(10)22-9(2)19/h5-6,14H,7H2,1-4H3,(H,16,18). The highest BCUT2D eigenvalue weighted by Gasteiger charge is 2.40. The summed E-state index contributed by atoms with van der Waals surface area (Å²) in [6.45, 7) is 6.49. The van der Waals surface area contributed by atoms with Crippen LogP contribution in [-0.2, 0) is 19.7 Å². The summed E-state index contributed by atoms with van der Waals surface area (Å²) in [5.74, 6) is -0.808. The molecule has 0 aliphatic heterocycles. The van der Waals surface area contributed by atoms with E-state index < -0.39 is 22.9 Å². The summed E-state index contributed by atoms with van der Waals surface area (Å²) in [5, 5.41) is 13.7. The largest absolute Gasteiger partial charge is 0.458 e. The van der Waals surface area contributed by atoms with Gasteiger partial charge in [-0.25, -0.2) is 0 Å². The van der Waals surface area contributed by atoms with E-state index in [2.05, 4.69) is 5.32 Å². The Labute approximate surface area is 127 Å². The van der Waals surface area contributed by atoms with E-state index in [1.807, 2.05) is 13.8 Å². The molecule has 7 nitrogen and oxygen atoms in total. The van der Waals surface area contributed by atoms with Crippen molar-refractivity contribution >= 4 is 23.3 Å². The second kappa shape index (κ2) is 5.40. The first-order valence-electron chi connectivity index (χ1n) is 6.89. The van der Waals surface area contributed by atoms with Crippen molar-refractivity contribution in [1.29, 1.82) is 0 Å². The molecule has 1 N–H and O–H groups in total. The summed E-state index contributed by atoms with van der Waals surface area (Å²) >= 11 is 0. The molecule has 7 heteroatoms. The number of ether oxygens (including phenoxy) is 1. The van der Waals surface area contributed by atoms with E-state index in [1.165, 1.54) is 26.0 Å². The normalized spacial score (nSPS) is 18.5. The van der Waals surface area contributed by atoms with E-state index >= 15 is 0 Å². The van der Waals surface area contributed by atoms with Crippen LogP contribution >= 0.6 is 0 Å². The maximum atomic E-state index is 11.3. The average molecular weight is 306 g/mol. The monoisotopic (exact) mass is 306 g/mol. The predicted octanol–water partition coefficient (Wildman–Crippen LogP) is 2.84. The number of benzene rings is 1. The van der Waals surface area contributed by atoms with Gasteiger partial charge in [-0.05, 0) is 29.0 Å². The van der Waals surface area contributed by atoms with Gasteiger partial charge in [-0.3, -0.25) is 19.7 Å². The Morgan fingerprint density at radius 3 is 2.50 bits per heavy atom. The van der Waals surface area contributed by atoms with E-state index in [-0.39, 0.29) is 16.8 Å². The van der Waals surface area contributed by atoms with Gasteiger partial charge in [0.25, 0.3) is 5.69 Å². The summed E-state index contributed by atoms with van der Waals surface area (Å²) in [5.41, 5.74) is 1.07. The van der Waals surface area contributed by atoms with Crippen molar-refractivity contribution in [3.05, 3.63) is 33.4 Å². The minimum absolute atomic E-state index is 0.117. The number of carbonyl (C=O) groups excluding carboxylic acids is 2. The number of carbonyl (C=O) groups is 2. The molecule has 1 aliphatic rings. The van der Waals surface area contributed by atoms with Crippen LogP contribution in [0.1, 0.15) is 51.3 Å². The van der Waals surface area contributed by atoms with E-state index in [1.54, 1.807) is 0 Å². The van der Waals surface area contributed by atoms with Crippen LogP contribution in [-0.4, -0.2) is 16.8 Å². The topological polar surface area (TPSA) is 98.5 Å². The van der Waals surface area contributed by atoms with Gasteiger partial charge < -0.3 is 10.1 Å². The molecule has 1 aliphatic carbocycles. The van der Waals surface area contributed by atoms with Crippen molar-refractivity contribution in [2.75, 3.05) is 5.32 Å². The Morgan fingerprint density at radius 1 is 1.36 bits per heavy atom. The molecule has 1 unspecified atom stereocenters. The minimum Gasteiger partial charge on any atom is -0.458 e. The Balaban J connectivity index is 2.59. The lowest BCUT2D eigenvalue weighted by Crippen LogP contribution is -2.14. The lowest BCUT2D eigenvalue weighted by Gasteiger charge is -2.18. The molecule has 0 saturated heterocycles. The van der Waals surface area contributed by atoms with Crippen molar-refractivity contribution in [2.24, 2.45) is 0 Å². The van der Waals surface area contributed by atoms with Crippen molar-refractivity contribution in [1.82, 2.24) is 0 Å². The van der Waals surface area contributed by atoms with Crippen LogP contribution in [0.15, 0.2) is 12.1 Å². The molecule has 0 spiro atoms. The molecular formula is C15H18N2O5. The van der Waals surface area contributed by atoms with Crippen LogP contribution < -0.4 is 5.32 Å². The molecule has 1 amide bonds. The first-order chi connectivity index (χ1) is 10.1. The number of hydrogen-bond acceptors (Lipinski definition) is 5. The quantitative estimate of drug-likeness (QED) is 0.526. The van der Waals surface area contributed by atoms with Gasteiger partial charge in [0.1, 0.15) is 11.8 Å². The van der Waals surface area contributed by atoms with E-state index in [0.29, 0.717) is 12.0 Å². The number of rotatable bonds is 3. The fraction of sp³-hybridized carbons (Fsp3) is 0.467. The Morgan fingerprint density at radius 2 is 2.00 bits per heavy atom. The summed E-state index contributed by atoms with van der Waals surface area (Å²) in [6.07, 6.45) is 0.0820. The summed E-state index contributed by atoms with van der Waals surface area (Å²) in [7, 11) is 0. The van der Waals surface area contributed by atoms with Gasteiger partial charge in [-0.1, -0.05) is 13.8 Å². The van der Waals surface area contributed by atoms with Gasteiger partial charge in [0.15, 0.2) is 0 Å². The highest BCUT2D eigenvalue weighted by atomic mass is 16.6. The van der Waals surface area contributed by atoms with E-state index in [4.69, 9.17) is 4.74 Å². The first-order valence-corrected chi connectivity index (χ1v) is 6.89. The van der Waals surface area contributed by atoms with Gasteiger partial charge in [0.2, 0.25) is 5.91 Å². The lowest BCUT2D eigenvalue weighted by atomic mass is 9.86. The highest BCUT2D eigenvalue weighted by Crippen LogP contribution is 2.49. The van der Waals surface area contributed by atoms with Crippen LogP contribution in [0.5, 0.6) is 0 Å². The van der Waals surface area contributed by atoms with Crippen LogP contribution in [0.3, 0.4) is 0 Å². The summed E-state index contributed by atoms with van der Waals surface area (Å²) in [4.78, 5) is 33.2. The zero-order valence-corrected chi connectivity index (χ0v) is 12.9. The van der Waals surface area contributed by atoms with Crippen LogP contribution in [0.4, 0.5) is 11.4 Å². The number of amides is 1. The summed E-state index contributed by atoms with van der Waals surface area (Å²) < 4.78 is 5.31. The molecule has 1 aromatic rings. The molecule has 0 fully saturated rings. The smallest absolute Gasteiger partial charge is 0.303 e. The molecule has 1 atom stereocenters. The first kappa shape index (κ1) is 15.9. The second-order valence-electron chi connectivity index (χ2n) is 6.08. The zero-order valence-electron chi connectivity index (χ0n) is 12.9. The molecule has 0 bridgehead atoms. The van der Waals surface area contributed by atoms with Crippen molar-refractivity contribution in [3.63, 3.8) is 0 Å². The number of nitrogens with zero attached hydrogens (tertiary/aromatic N) is 1. The van der Waals surface area contributed by atoms with Gasteiger partial charge in [0, 0.05) is 19.9 Å². The van der Waals surface area contributed by atoms with E-state index in [0.717, 1.165) is 5.56 Å². The molecule has 0 heterocycles. The SMILES string of the molecule is CC(=O)Nc1cc2c(cc1[N+](=O)[O-])C(C)(C)CC2OC(C)=O. The molecule has 0 radical (unpaired) electrons. The zero-order chi connectivity index (χ0) is 16.7. The Hall–Kier alpha value is -2.44. The average Bonchev–Trinajstić information content (AvgIpc) is 2.57. The number of esters is 1. The fourth-order valence-electron chi connectivity index (χ4n) is 2.89. The highest BCUT2D eigenvalue weighted by molar-refractivity contribution is 5.91. The molecule has 118 valence electrons. The Bertz CT molecular complexity index is 666.